The van der Waals surface area contributed by atoms with Crippen LogP contribution >= 0.6 is 22.7 Å². The molecule has 0 radical (unpaired) electrons. The van der Waals surface area contributed by atoms with Crippen molar-refractivity contribution in [3.05, 3.63) is 35.2 Å². The van der Waals surface area contributed by atoms with Gasteiger partial charge in [-0.15, -0.1) is 21.5 Å². The van der Waals surface area contributed by atoms with Crippen molar-refractivity contribution in [2.45, 2.75) is 26.7 Å². The van der Waals surface area contributed by atoms with E-state index < -0.39 is 0 Å². The van der Waals surface area contributed by atoms with Crippen molar-refractivity contribution in [1.82, 2.24) is 29.8 Å². The topological polar surface area (TPSA) is 68.9 Å². The van der Waals surface area contributed by atoms with Crippen LogP contribution in [0.15, 0.2) is 24.5 Å². The molecule has 0 saturated heterocycles. The molecule has 0 fully saturated rings. The zero-order valence-electron chi connectivity index (χ0n) is 12.9. The fraction of sp³-hybridized carbons (Fsp3) is 0.267. The van der Waals surface area contributed by atoms with Gasteiger partial charge in [-0.3, -0.25) is 4.98 Å². The molecule has 0 aliphatic rings. The molecule has 4 aromatic heterocycles. The van der Waals surface area contributed by atoms with Gasteiger partial charge in [-0.2, -0.15) is 9.61 Å². The van der Waals surface area contributed by atoms with Crippen LogP contribution in [-0.4, -0.2) is 29.8 Å². The summed E-state index contributed by atoms with van der Waals surface area (Å²) in [6, 6.07) is 3.82. The minimum Gasteiger partial charge on any atom is -0.265 e. The number of fused-ring (bicyclic) bond motifs is 1. The first-order valence-corrected chi connectivity index (χ1v) is 8.87. The lowest BCUT2D eigenvalue weighted by Crippen LogP contribution is -1.93. The van der Waals surface area contributed by atoms with Crippen molar-refractivity contribution in [3.63, 3.8) is 0 Å². The molecule has 0 saturated carbocycles. The van der Waals surface area contributed by atoms with E-state index in [9.17, 15) is 0 Å². The Hall–Kier alpha value is -2.19. The molecule has 0 spiro atoms. The molecule has 0 aliphatic heterocycles. The highest BCUT2D eigenvalue weighted by Crippen LogP contribution is 2.37. The first kappa shape index (κ1) is 14.4. The summed E-state index contributed by atoms with van der Waals surface area (Å²) in [5.74, 6) is 1.10. The highest BCUT2D eigenvalue weighted by molar-refractivity contribution is 7.24. The molecule has 116 valence electrons. The van der Waals surface area contributed by atoms with E-state index in [2.05, 4.69) is 34.0 Å². The maximum absolute atomic E-state index is 4.74. The summed E-state index contributed by atoms with van der Waals surface area (Å²) in [6.07, 6.45) is 3.49. The lowest BCUT2D eigenvalue weighted by Gasteiger charge is -2.01. The van der Waals surface area contributed by atoms with Gasteiger partial charge < -0.3 is 0 Å². The van der Waals surface area contributed by atoms with Gasteiger partial charge in [0.25, 0.3) is 0 Å². The number of aryl methyl sites for hydroxylation is 1. The number of nitrogens with zero attached hydrogens (tertiary/aromatic N) is 6. The van der Waals surface area contributed by atoms with Crippen molar-refractivity contribution in [2.24, 2.45) is 0 Å². The summed E-state index contributed by atoms with van der Waals surface area (Å²) < 4.78 is 1.80. The number of hydrogen-bond acceptors (Lipinski definition) is 7. The molecule has 0 aromatic carbocycles. The van der Waals surface area contributed by atoms with Crippen LogP contribution in [0.5, 0.6) is 0 Å². The summed E-state index contributed by atoms with van der Waals surface area (Å²) in [5.41, 5.74) is 2.05. The summed E-state index contributed by atoms with van der Waals surface area (Å²) >= 11 is 3.23. The van der Waals surface area contributed by atoms with E-state index in [1.54, 1.807) is 39.6 Å². The van der Waals surface area contributed by atoms with Crippen LogP contribution in [0.3, 0.4) is 0 Å². The molecular formula is C15H14N6S2. The van der Waals surface area contributed by atoms with Crippen LogP contribution in [-0.2, 0) is 0 Å². The van der Waals surface area contributed by atoms with Crippen molar-refractivity contribution in [2.75, 3.05) is 0 Å². The largest absolute Gasteiger partial charge is 0.265 e. The number of thiazole rings is 1. The Labute approximate surface area is 140 Å². The Morgan fingerprint density at radius 2 is 1.87 bits per heavy atom. The van der Waals surface area contributed by atoms with Crippen LogP contribution in [0.25, 0.3) is 26.2 Å². The van der Waals surface area contributed by atoms with Gasteiger partial charge in [-0.25, -0.2) is 4.98 Å². The summed E-state index contributed by atoms with van der Waals surface area (Å²) in [7, 11) is 0. The fourth-order valence-electron chi connectivity index (χ4n) is 2.38. The van der Waals surface area contributed by atoms with E-state index in [0.717, 1.165) is 36.9 Å². The number of hydrogen-bond donors (Lipinski definition) is 0. The highest BCUT2D eigenvalue weighted by atomic mass is 32.1. The van der Waals surface area contributed by atoms with Crippen LogP contribution in [0, 0.1) is 6.92 Å². The lowest BCUT2D eigenvalue weighted by molar-refractivity contribution is 0.829. The molecule has 4 heterocycles. The van der Waals surface area contributed by atoms with Crippen LogP contribution in [0.1, 0.15) is 30.5 Å². The van der Waals surface area contributed by atoms with E-state index in [1.807, 2.05) is 19.1 Å². The predicted octanol–water partition coefficient (Wildman–Crippen LogP) is 3.80. The second-order valence-electron chi connectivity index (χ2n) is 5.46. The van der Waals surface area contributed by atoms with Crippen LogP contribution in [0.2, 0.25) is 0 Å². The van der Waals surface area contributed by atoms with Gasteiger partial charge in [0, 0.05) is 18.0 Å². The molecule has 23 heavy (non-hydrogen) atoms. The lowest BCUT2D eigenvalue weighted by atomic mass is 10.1. The average Bonchev–Trinajstić information content (AvgIpc) is 3.20. The third kappa shape index (κ3) is 2.43. The highest BCUT2D eigenvalue weighted by Gasteiger charge is 2.20. The maximum atomic E-state index is 4.74. The SMILES string of the molecule is Cc1nc(C(C)C)c(-c2nn3c(-c4ccncc4)nnc3s2)s1. The number of rotatable bonds is 3. The van der Waals surface area contributed by atoms with Gasteiger partial charge in [0.1, 0.15) is 0 Å². The molecule has 0 amide bonds. The first-order chi connectivity index (χ1) is 11.1. The van der Waals surface area contributed by atoms with Crippen LogP contribution in [0.4, 0.5) is 0 Å². The van der Waals surface area contributed by atoms with Crippen molar-refractivity contribution >= 4 is 27.6 Å². The Morgan fingerprint density at radius 3 is 2.61 bits per heavy atom. The summed E-state index contributed by atoms with van der Waals surface area (Å²) in [6.45, 7) is 6.34. The number of pyridine rings is 1. The van der Waals surface area contributed by atoms with Gasteiger partial charge >= 0.3 is 0 Å². The van der Waals surface area contributed by atoms with Crippen molar-refractivity contribution < 1.29 is 0 Å². The Kier molecular flexibility index (Phi) is 3.42. The molecule has 4 aromatic rings. The van der Waals surface area contributed by atoms with Gasteiger partial charge in [0.05, 0.1) is 15.6 Å². The molecular weight excluding hydrogens is 328 g/mol. The Morgan fingerprint density at radius 1 is 1.09 bits per heavy atom. The first-order valence-electron chi connectivity index (χ1n) is 7.24. The van der Waals surface area contributed by atoms with E-state index >= 15 is 0 Å². The zero-order valence-corrected chi connectivity index (χ0v) is 14.5. The normalized spacial score (nSPS) is 11.7. The molecule has 6 nitrogen and oxygen atoms in total. The molecule has 4 rings (SSSR count). The van der Waals surface area contributed by atoms with Gasteiger partial charge in [0.2, 0.25) is 4.96 Å². The van der Waals surface area contributed by atoms with Gasteiger partial charge in [0.15, 0.2) is 10.8 Å². The van der Waals surface area contributed by atoms with Gasteiger partial charge in [-0.05, 0) is 25.0 Å². The Bertz CT molecular complexity index is 967. The predicted molar refractivity (Wildman–Crippen MR) is 91.8 cm³/mol. The molecule has 0 atom stereocenters. The van der Waals surface area contributed by atoms with Crippen molar-refractivity contribution in [1.29, 1.82) is 0 Å². The quantitative estimate of drug-likeness (QED) is 0.566. The minimum absolute atomic E-state index is 0.365. The summed E-state index contributed by atoms with van der Waals surface area (Å²) in [4.78, 5) is 10.6. The third-order valence-electron chi connectivity index (χ3n) is 3.43. The van der Waals surface area contributed by atoms with E-state index in [4.69, 9.17) is 5.10 Å². The van der Waals surface area contributed by atoms with E-state index in [1.165, 1.54) is 0 Å². The second kappa shape index (κ2) is 5.47. The Balaban J connectivity index is 1.87. The maximum Gasteiger partial charge on any atom is 0.235 e. The standard InChI is InChI=1S/C15H14N6S2/c1-8(2)11-12(22-9(3)17-11)14-20-21-13(18-19-15(21)23-14)10-4-6-16-7-5-10/h4-8H,1-3H3. The molecule has 8 heteroatoms. The monoisotopic (exact) mass is 342 g/mol. The average molecular weight is 342 g/mol. The third-order valence-corrected chi connectivity index (χ3v) is 5.47. The summed E-state index contributed by atoms with van der Waals surface area (Å²) in [5, 5.41) is 15.2. The molecule has 0 unspecified atom stereocenters. The molecule has 0 bridgehead atoms. The van der Waals surface area contributed by atoms with E-state index in [0.29, 0.717) is 5.92 Å². The zero-order chi connectivity index (χ0) is 16.0. The fourth-order valence-corrected chi connectivity index (χ4v) is 4.37. The van der Waals surface area contributed by atoms with E-state index in [-0.39, 0.29) is 0 Å². The van der Waals surface area contributed by atoms with Gasteiger partial charge in [-0.1, -0.05) is 25.2 Å². The molecule has 0 aliphatic carbocycles. The number of aromatic nitrogens is 6. The smallest absolute Gasteiger partial charge is 0.235 e. The van der Waals surface area contributed by atoms with Crippen LogP contribution < -0.4 is 0 Å². The second-order valence-corrected chi connectivity index (χ2v) is 7.62. The molecule has 0 N–H and O–H groups in total. The van der Waals surface area contributed by atoms with Crippen molar-refractivity contribution in [3.8, 4) is 21.3 Å². The minimum atomic E-state index is 0.365.